The Morgan fingerprint density at radius 3 is 2.71 bits per heavy atom. The van der Waals surface area contributed by atoms with Crippen LogP contribution in [0.3, 0.4) is 0 Å². The van der Waals surface area contributed by atoms with E-state index in [1.54, 1.807) is 0 Å². The van der Waals surface area contributed by atoms with Crippen LogP contribution in [0.15, 0.2) is 48.0 Å². The minimum atomic E-state index is 0. The predicted molar refractivity (Wildman–Crippen MR) is 147 cm³/mol. The lowest BCUT2D eigenvalue weighted by Gasteiger charge is -2.22. The standard InChI is InChI=1S/C28H34N4OS.ClH/c1-31-25-12-15-34-27(25)16-26(31)28-30-24(22-5-2-6-22)18-32(28)14-3-4-20-7-9-23(10-8-20)33-19-21-11-13-29-17-21;/h7-10,12,15-16,18,21-22,29H,2-6,11,13-14,17,19H2,1H3;1H/t21-;/m1./s1. The molecule has 1 saturated carbocycles. The van der Waals surface area contributed by atoms with Crippen LogP contribution in [-0.4, -0.2) is 33.8 Å². The lowest BCUT2D eigenvalue weighted by atomic mass is 9.83. The van der Waals surface area contributed by atoms with Crippen LogP contribution >= 0.6 is 23.7 Å². The number of nitrogens with zero attached hydrogens (tertiary/aromatic N) is 3. The molecule has 6 rings (SSSR count). The SMILES string of the molecule is Cl.Cn1c(-c2nc(C3CCC3)cn2CCCc2ccc(OC[C@@H]3CCNC3)cc2)cc2sccc21. The molecule has 1 atom stereocenters. The molecule has 3 aromatic heterocycles. The molecule has 186 valence electrons. The van der Waals surface area contributed by atoms with E-state index in [1.165, 1.54) is 52.9 Å². The Morgan fingerprint density at radius 2 is 2.00 bits per heavy atom. The van der Waals surface area contributed by atoms with Crippen molar-refractivity contribution in [3.8, 4) is 17.3 Å². The van der Waals surface area contributed by atoms with Gasteiger partial charge in [-0.25, -0.2) is 4.98 Å². The molecule has 0 bridgehead atoms. The average Bonchev–Trinajstić information content (AvgIpc) is 3.59. The van der Waals surface area contributed by atoms with Gasteiger partial charge in [0.15, 0.2) is 5.82 Å². The fraction of sp³-hybridized carbons (Fsp3) is 0.464. The highest BCUT2D eigenvalue weighted by molar-refractivity contribution is 7.17. The van der Waals surface area contributed by atoms with E-state index >= 15 is 0 Å². The molecule has 2 fully saturated rings. The zero-order valence-electron chi connectivity index (χ0n) is 20.4. The highest BCUT2D eigenvalue weighted by Crippen LogP contribution is 2.38. The zero-order chi connectivity index (χ0) is 22.9. The molecular formula is C28H35ClN4OS. The summed E-state index contributed by atoms with van der Waals surface area (Å²) in [4.78, 5) is 5.15. The Bertz CT molecular complexity index is 1250. The summed E-state index contributed by atoms with van der Waals surface area (Å²) in [5.41, 5.74) is 5.18. The molecule has 1 aliphatic carbocycles. The Hall–Kier alpha value is -2.28. The number of aromatic nitrogens is 3. The van der Waals surface area contributed by atoms with Crippen LogP contribution in [0.1, 0.15) is 49.3 Å². The van der Waals surface area contributed by atoms with Crippen LogP contribution in [0.25, 0.3) is 21.7 Å². The number of fused-ring (bicyclic) bond motifs is 1. The first-order valence-electron chi connectivity index (χ1n) is 12.8. The molecule has 1 aliphatic heterocycles. The van der Waals surface area contributed by atoms with Crippen molar-refractivity contribution in [1.82, 2.24) is 19.4 Å². The lowest BCUT2D eigenvalue weighted by molar-refractivity contribution is 0.260. The van der Waals surface area contributed by atoms with Crippen molar-refractivity contribution in [2.75, 3.05) is 19.7 Å². The molecule has 0 amide bonds. The second-order valence-electron chi connectivity index (χ2n) is 9.99. The van der Waals surface area contributed by atoms with Crippen molar-refractivity contribution in [2.24, 2.45) is 13.0 Å². The molecule has 1 N–H and O–H groups in total. The van der Waals surface area contributed by atoms with E-state index in [4.69, 9.17) is 9.72 Å². The largest absolute Gasteiger partial charge is 0.493 e. The maximum absolute atomic E-state index is 6.00. The van der Waals surface area contributed by atoms with Gasteiger partial charge in [-0.1, -0.05) is 18.6 Å². The van der Waals surface area contributed by atoms with E-state index in [9.17, 15) is 0 Å². The van der Waals surface area contributed by atoms with Gasteiger partial charge in [-0.3, -0.25) is 0 Å². The fourth-order valence-corrected chi connectivity index (χ4v) is 6.10. The normalized spacial score (nSPS) is 18.0. The number of hydrogen-bond acceptors (Lipinski definition) is 4. The third-order valence-electron chi connectivity index (χ3n) is 7.65. The first-order chi connectivity index (χ1) is 16.7. The predicted octanol–water partition coefficient (Wildman–Crippen LogP) is 6.41. The number of thiophene rings is 1. The van der Waals surface area contributed by atoms with Gasteiger partial charge in [0.2, 0.25) is 0 Å². The first kappa shape index (κ1) is 24.4. The van der Waals surface area contributed by atoms with Gasteiger partial charge in [-0.2, -0.15) is 0 Å². The van der Waals surface area contributed by atoms with Crippen molar-refractivity contribution >= 4 is 34.0 Å². The van der Waals surface area contributed by atoms with Gasteiger partial charge in [-0.15, -0.1) is 23.7 Å². The van der Waals surface area contributed by atoms with Crippen LogP contribution in [0.2, 0.25) is 0 Å². The summed E-state index contributed by atoms with van der Waals surface area (Å²) < 4.78 is 12.0. The summed E-state index contributed by atoms with van der Waals surface area (Å²) in [6.07, 6.45) is 9.61. The minimum Gasteiger partial charge on any atom is -0.493 e. The van der Waals surface area contributed by atoms with Crippen molar-refractivity contribution < 1.29 is 4.74 Å². The van der Waals surface area contributed by atoms with Gasteiger partial charge in [-0.05, 0) is 73.9 Å². The Labute approximate surface area is 217 Å². The lowest BCUT2D eigenvalue weighted by Crippen LogP contribution is -2.15. The third-order valence-corrected chi connectivity index (χ3v) is 8.50. The number of imidazole rings is 1. The Morgan fingerprint density at radius 1 is 1.14 bits per heavy atom. The van der Waals surface area contributed by atoms with Gasteiger partial charge in [0.05, 0.1) is 28.2 Å². The number of rotatable bonds is 9. The van der Waals surface area contributed by atoms with Crippen molar-refractivity contribution in [1.29, 1.82) is 0 Å². The van der Waals surface area contributed by atoms with Crippen LogP contribution in [0.4, 0.5) is 0 Å². The Balaban J connectivity index is 0.00000253. The molecule has 0 unspecified atom stereocenters. The molecule has 35 heavy (non-hydrogen) atoms. The second kappa shape index (κ2) is 10.8. The maximum atomic E-state index is 6.00. The molecule has 2 aliphatic rings. The Kier molecular flexibility index (Phi) is 7.51. The molecule has 4 aromatic rings. The van der Waals surface area contributed by atoms with Crippen LogP contribution in [0, 0.1) is 5.92 Å². The summed E-state index contributed by atoms with van der Waals surface area (Å²) >= 11 is 1.81. The van der Waals surface area contributed by atoms with E-state index in [1.807, 2.05) is 11.3 Å². The number of halogens is 1. The fourth-order valence-electron chi connectivity index (χ4n) is 5.25. The quantitative estimate of drug-likeness (QED) is 0.283. The topological polar surface area (TPSA) is 44.0 Å². The summed E-state index contributed by atoms with van der Waals surface area (Å²) in [6.45, 7) is 4.00. The third kappa shape index (κ3) is 5.16. The van der Waals surface area contributed by atoms with Crippen molar-refractivity contribution in [2.45, 2.75) is 51.0 Å². The van der Waals surface area contributed by atoms with Crippen molar-refractivity contribution in [3.05, 3.63) is 59.2 Å². The molecule has 0 spiro atoms. The molecular weight excluding hydrogens is 476 g/mol. The van der Waals surface area contributed by atoms with Crippen LogP contribution in [-0.2, 0) is 20.0 Å². The molecule has 1 aromatic carbocycles. The smallest absolute Gasteiger partial charge is 0.157 e. The summed E-state index contributed by atoms with van der Waals surface area (Å²) in [5, 5.41) is 5.57. The maximum Gasteiger partial charge on any atom is 0.157 e. The van der Waals surface area contributed by atoms with E-state index in [0.29, 0.717) is 11.8 Å². The number of nitrogens with one attached hydrogen (secondary N) is 1. The van der Waals surface area contributed by atoms with E-state index in [2.05, 4.69) is 69.5 Å². The van der Waals surface area contributed by atoms with Gasteiger partial charge < -0.3 is 19.2 Å². The molecule has 1 saturated heterocycles. The van der Waals surface area contributed by atoms with E-state index in [-0.39, 0.29) is 12.4 Å². The van der Waals surface area contributed by atoms with Gasteiger partial charge >= 0.3 is 0 Å². The number of ether oxygens (including phenoxy) is 1. The van der Waals surface area contributed by atoms with Crippen LogP contribution < -0.4 is 10.1 Å². The zero-order valence-corrected chi connectivity index (χ0v) is 22.0. The summed E-state index contributed by atoms with van der Waals surface area (Å²) in [5.74, 6) is 3.40. The van der Waals surface area contributed by atoms with Gasteiger partial charge in [0.25, 0.3) is 0 Å². The molecule has 7 heteroatoms. The number of benzene rings is 1. The number of hydrogen-bond donors (Lipinski definition) is 1. The van der Waals surface area contributed by atoms with Gasteiger partial charge in [0.1, 0.15) is 5.75 Å². The molecule has 5 nitrogen and oxygen atoms in total. The van der Waals surface area contributed by atoms with Crippen molar-refractivity contribution in [3.63, 3.8) is 0 Å². The first-order valence-corrected chi connectivity index (χ1v) is 13.7. The van der Waals surface area contributed by atoms with Crippen LogP contribution in [0.5, 0.6) is 5.75 Å². The highest BCUT2D eigenvalue weighted by atomic mass is 35.5. The molecule has 4 heterocycles. The number of aryl methyl sites for hydroxylation is 3. The monoisotopic (exact) mass is 510 g/mol. The summed E-state index contributed by atoms with van der Waals surface area (Å²) in [6, 6.07) is 13.2. The van der Waals surface area contributed by atoms with E-state index in [0.717, 1.165) is 50.7 Å². The minimum absolute atomic E-state index is 0. The highest BCUT2D eigenvalue weighted by Gasteiger charge is 2.25. The molecule has 0 radical (unpaired) electrons. The van der Waals surface area contributed by atoms with E-state index < -0.39 is 0 Å². The average molecular weight is 511 g/mol. The second-order valence-corrected chi connectivity index (χ2v) is 10.9. The summed E-state index contributed by atoms with van der Waals surface area (Å²) in [7, 11) is 2.17. The van der Waals surface area contributed by atoms with Gasteiger partial charge in [0, 0.05) is 38.2 Å².